The molecule has 0 spiro atoms. The minimum atomic E-state index is -0.696. The summed E-state index contributed by atoms with van der Waals surface area (Å²) in [7, 11) is 0. The number of ether oxygens (including phenoxy) is 1. The number of carbonyl (C=O) groups excluding carboxylic acids is 1. The van der Waals surface area contributed by atoms with Gasteiger partial charge in [0, 0.05) is 26.1 Å². The van der Waals surface area contributed by atoms with Crippen LogP contribution < -0.4 is 0 Å². The van der Waals surface area contributed by atoms with E-state index in [-0.39, 0.29) is 32.2 Å². The standard InChI is InChI=1S/C38H77NO4/c1-3-5-7-9-11-13-15-17-19-21-23-25-27-29-31-38(42)39(32-33-40)35-37(41)36-43-34-30-28-26-24-22-20-18-16-14-12-10-8-6-4-2/h37,40-41H,3-36H2,1-2H3. The van der Waals surface area contributed by atoms with Crippen molar-refractivity contribution in [1.29, 1.82) is 0 Å². The van der Waals surface area contributed by atoms with E-state index in [2.05, 4.69) is 13.8 Å². The van der Waals surface area contributed by atoms with Crippen LogP contribution in [0.15, 0.2) is 0 Å². The van der Waals surface area contributed by atoms with Crippen LogP contribution in [0.3, 0.4) is 0 Å². The van der Waals surface area contributed by atoms with Crippen LogP contribution in [0, 0.1) is 0 Å². The fraction of sp³-hybridized carbons (Fsp3) is 0.974. The van der Waals surface area contributed by atoms with E-state index in [0.29, 0.717) is 13.0 Å². The van der Waals surface area contributed by atoms with Crippen LogP contribution in [-0.4, -0.2) is 60.0 Å². The van der Waals surface area contributed by atoms with Crippen LogP contribution >= 0.6 is 0 Å². The van der Waals surface area contributed by atoms with Crippen LogP contribution in [-0.2, 0) is 9.53 Å². The molecule has 5 heteroatoms. The van der Waals surface area contributed by atoms with E-state index >= 15 is 0 Å². The second kappa shape index (κ2) is 35.8. The van der Waals surface area contributed by atoms with Crippen molar-refractivity contribution in [2.24, 2.45) is 0 Å². The van der Waals surface area contributed by atoms with E-state index < -0.39 is 6.10 Å². The lowest BCUT2D eigenvalue weighted by molar-refractivity contribution is -0.134. The van der Waals surface area contributed by atoms with Gasteiger partial charge in [-0.15, -0.1) is 0 Å². The molecule has 0 saturated carbocycles. The lowest BCUT2D eigenvalue weighted by atomic mass is 10.0. The van der Waals surface area contributed by atoms with E-state index in [1.165, 1.54) is 161 Å². The second-order valence-electron chi connectivity index (χ2n) is 13.2. The first-order chi connectivity index (χ1) is 21.2. The summed E-state index contributed by atoms with van der Waals surface area (Å²) in [5, 5.41) is 19.8. The number of unbranched alkanes of at least 4 members (excludes halogenated alkanes) is 26. The SMILES string of the molecule is CCCCCCCCCCCCCCCCOCC(O)CN(CCO)C(=O)CCCCCCCCCCCCCCCC. The fourth-order valence-electron chi connectivity index (χ4n) is 5.99. The Labute approximate surface area is 269 Å². The molecule has 1 atom stereocenters. The zero-order chi connectivity index (χ0) is 31.5. The van der Waals surface area contributed by atoms with Gasteiger partial charge >= 0.3 is 0 Å². The molecule has 1 unspecified atom stereocenters. The van der Waals surface area contributed by atoms with Gasteiger partial charge in [-0.25, -0.2) is 0 Å². The summed E-state index contributed by atoms with van der Waals surface area (Å²) < 4.78 is 5.70. The van der Waals surface area contributed by atoms with E-state index in [1.807, 2.05) is 0 Å². The molecule has 0 aromatic rings. The molecule has 0 radical (unpaired) electrons. The van der Waals surface area contributed by atoms with Gasteiger partial charge in [0.25, 0.3) is 0 Å². The van der Waals surface area contributed by atoms with Gasteiger partial charge in [-0.1, -0.05) is 181 Å². The Morgan fingerprint density at radius 3 is 1.28 bits per heavy atom. The first-order valence-electron chi connectivity index (χ1n) is 19.3. The molecule has 0 heterocycles. The monoisotopic (exact) mass is 612 g/mol. The summed E-state index contributed by atoms with van der Waals surface area (Å²) in [6.45, 7) is 5.93. The van der Waals surface area contributed by atoms with Crippen molar-refractivity contribution in [2.75, 3.05) is 32.9 Å². The predicted octanol–water partition coefficient (Wildman–Crippen LogP) is 10.5. The maximum Gasteiger partial charge on any atom is 0.222 e. The topological polar surface area (TPSA) is 70.0 Å². The first-order valence-corrected chi connectivity index (χ1v) is 19.3. The smallest absolute Gasteiger partial charge is 0.222 e. The van der Waals surface area contributed by atoms with Crippen molar-refractivity contribution in [1.82, 2.24) is 4.90 Å². The molecular weight excluding hydrogens is 534 g/mol. The van der Waals surface area contributed by atoms with E-state index in [0.717, 1.165) is 19.3 Å². The molecule has 2 N–H and O–H groups in total. The third-order valence-corrected chi connectivity index (χ3v) is 8.85. The minimum Gasteiger partial charge on any atom is -0.395 e. The van der Waals surface area contributed by atoms with Gasteiger partial charge in [0.15, 0.2) is 0 Å². The van der Waals surface area contributed by atoms with Crippen molar-refractivity contribution in [3.8, 4) is 0 Å². The number of hydrogen-bond donors (Lipinski definition) is 2. The number of nitrogens with zero attached hydrogens (tertiary/aromatic N) is 1. The Balaban J connectivity index is 3.61. The molecule has 43 heavy (non-hydrogen) atoms. The number of aliphatic hydroxyl groups is 2. The summed E-state index contributed by atoms with van der Waals surface area (Å²) in [4.78, 5) is 14.3. The summed E-state index contributed by atoms with van der Waals surface area (Å²) >= 11 is 0. The lowest BCUT2D eigenvalue weighted by Crippen LogP contribution is -2.40. The van der Waals surface area contributed by atoms with Crippen LogP contribution in [0.2, 0.25) is 0 Å². The van der Waals surface area contributed by atoms with Gasteiger partial charge in [0.05, 0.1) is 19.3 Å². The molecule has 0 aliphatic rings. The summed E-state index contributed by atoms with van der Waals surface area (Å²) in [5.74, 6) is 0.0408. The maximum absolute atomic E-state index is 12.7. The highest BCUT2D eigenvalue weighted by Crippen LogP contribution is 2.15. The van der Waals surface area contributed by atoms with Gasteiger partial charge in [0.1, 0.15) is 0 Å². The molecule has 0 aliphatic heterocycles. The Morgan fingerprint density at radius 1 is 0.558 bits per heavy atom. The highest BCUT2D eigenvalue weighted by molar-refractivity contribution is 5.76. The lowest BCUT2D eigenvalue weighted by Gasteiger charge is -2.24. The Hall–Kier alpha value is -0.650. The Morgan fingerprint density at radius 2 is 0.907 bits per heavy atom. The normalized spacial score (nSPS) is 12.2. The fourth-order valence-corrected chi connectivity index (χ4v) is 5.99. The number of carbonyl (C=O) groups is 1. The summed E-state index contributed by atoms with van der Waals surface area (Å²) in [5.41, 5.74) is 0. The maximum atomic E-state index is 12.7. The largest absolute Gasteiger partial charge is 0.395 e. The molecule has 0 bridgehead atoms. The zero-order valence-corrected chi connectivity index (χ0v) is 29.3. The first kappa shape index (κ1) is 42.3. The molecule has 5 nitrogen and oxygen atoms in total. The van der Waals surface area contributed by atoms with Crippen molar-refractivity contribution in [3.63, 3.8) is 0 Å². The number of aliphatic hydroxyl groups excluding tert-OH is 2. The summed E-state index contributed by atoms with van der Waals surface area (Å²) in [6.07, 6.45) is 36.7. The molecule has 0 aromatic carbocycles. The summed E-state index contributed by atoms with van der Waals surface area (Å²) in [6, 6.07) is 0. The van der Waals surface area contributed by atoms with Gasteiger partial charge in [0.2, 0.25) is 5.91 Å². The molecule has 258 valence electrons. The van der Waals surface area contributed by atoms with Crippen molar-refractivity contribution < 1.29 is 19.7 Å². The van der Waals surface area contributed by atoms with Crippen LogP contribution in [0.25, 0.3) is 0 Å². The zero-order valence-electron chi connectivity index (χ0n) is 29.3. The average molecular weight is 612 g/mol. The van der Waals surface area contributed by atoms with E-state index in [9.17, 15) is 15.0 Å². The van der Waals surface area contributed by atoms with Gasteiger partial charge in [-0.3, -0.25) is 4.79 Å². The van der Waals surface area contributed by atoms with Crippen LogP contribution in [0.4, 0.5) is 0 Å². The molecule has 0 aliphatic carbocycles. The predicted molar refractivity (Wildman–Crippen MR) is 186 cm³/mol. The molecular formula is C38H77NO4. The van der Waals surface area contributed by atoms with Crippen LogP contribution in [0.5, 0.6) is 0 Å². The number of rotatable bonds is 36. The average Bonchev–Trinajstić information content (AvgIpc) is 3.00. The second-order valence-corrected chi connectivity index (χ2v) is 13.2. The van der Waals surface area contributed by atoms with Gasteiger partial charge in [-0.2, -0.15) is 0 Å². The highest BCUT2D eigenvalue weighted by Gasteiger charge is 2.17. The van der Waals surface area contributed by atoms with E-state index in [4.69, 9.17) is 4.74 Å². The molecule has 0 rings (SSSR count). The Kier molecular flexibility index (Phi) is 35.3. The highest BCUT2D eigenvalue weighted by atomic mass is 16.5. The molecule has 0 saturated heterocycles. The third-order valence-electron chi connectivity index (χ3n) is 8.85. The van der Waals surface area contributed by atoms with Gasteiger partial charge in [-0.05, 0) is 12.8 Å². The van der Waals surface area contributed by atoms with Crippen molar-refractivity contribution in [3.05, 3.63) is 0 Å². The van der Waals surface area contributed by atoms with Crippen LogP contribution in [0.1, 0.15) is 200 Å². The Bertz CT molecular complexity index is 544. The van der Waals surface area contributed by atoms with Crippen molar-refractivity contribution in [2.45, 2.75) is 206 Å². The van der Waals surface area contributed by atoms with Gasteiger partial charge < -0.3 is 19.8 Å². The minimum absolute atomic E-state index is 0.0408. The quantitative estimate of drug-likeness (QED) is 0.0692. The van der Waals surface area contributed by atoms with Crippen molar-refractivity contribution >= 4 is 5.91 Å². The third kappa shape index (κ3) is 32.6. The molecule has 0 aromatic heterocycles. The number of hydrogen-bond acceptors (Lipinski definition) is 4. The molecule has 1 amide bonds. The van der Waals surface area contributed by atoms with E-state index in [1.54, 1.807) is 4.90 Å². The number of amides is 1. The molecule has 0 fully saturated rings.